The normalized spacial score (nSPS) is 11.0. The maximum atomic E-state index is 12.7. The summed E-state index contributed by atoms with van der Waals surface area (Å²) in [6, 6.07) is 26.2. The van der Waals surface area contributed by atoms with Crippen LogP contribution < -0.4 is 5.32 Å². The van der Waals surface area contributed by atoms with Gasteiger partial charge in [0.05, 0.1) is 17.0 Å². The Labute approximate surface area is 220 Å². The number of fused-ring (bicyclic) bond motifs is 1. The van der Waals surface area contributed by atoms with E-state index < -0.39 is 0 Å². The topological polar surface area (TPSA) is 72.7 Å². The van der Waals surface area contributed by atoms with E-state index in [4.69, 9.17) is 4.98 Å². The Morgan fingerprint density at radius 3 is 2.46 bits per heavy atom. The number of allylic oxidation sites excluding steroid dienone is 1. The van der Waals surface area contributed by atoms with Crippen molar-refractivity contribution in [1.29, 1.82) is 0 Å². The van der Waals surface area contributed by atoms with Gasteiger partial charge >= 0.3 is 0 Å². The maximum absolute atomic E-state index is 12.7. The number of aryl methyl sites for hydroxylation is 2. The first kappa shape index (κ1) is 24.5. The first-order chi connectivity index (χ1) is 18.0. The SMILES string of the molecule is C=CCn1c(SCC(=O)Nc2cc(C)cc(C)c2)nnc1-c1cc(-c2ccccc2)nc2ccccc12. The molecule has 184 valence electrons. The minimum atomic E-state index is -0.0922. The monoisotopic (exact) mass is 505 g/mol. The molecule has 0 fully saturated rings. The highest BCUT2D eigenvalue weighted by atomic mass is 32.2. The average molecular weight is 506 g/mol. The number of amides is 1. The Morgan fingerprint density at radius 2 is 1.70 bits per heavy atom. The molecule has 2 aromatic heterocycles. The molecule has 0 spiro atoms. The Kier molecular flexibility index (Phi) is 7.14. The predicted molar refractivity (Wildman–Crippen MR) is 152 cm³/mol. The molecule has 0 bridgehead atoms. The molecular formula is C30H27N5OS. The molecule has 6 nitrogen and oxygen atoms in total. The smallest absolute Gasteiger partial charge is 0.234 e. The van der Waals surface area contributed by atoms with Crippen LogP contribution in [0.4, 0.5) is 5.69 Å². The average Bonchev–Trinajstić information content (AvgIpc) is 3.29. The second-order valence-electron chi connectivity index (χ2n) is 8.86. The number of nitrogens with one attached hydrogen (secondary N) is 1. The van der Waals surface area contributed by atoms with Crippen LogP contribution in [0.5, 0.6) is 0 Å². The molecule has 0 aliphatic carbocycles. The van der Waals surface area contributed by atoms with Gasteiger partial charge in [-0.3, -0.25) is 9.36 Å². The number of anilines is 1. The van der Waals surface area contributed by atoms with Gasteiger partial charge in [-0.05, 0) is 49.2 Å². The molecule has 1 amide bonds. The van der Waals surface area contributed by atoms with Crippen molar-refractivity contribution in [1.82, 2.24) is 19.7 Å². The lowest BCUT2D eigenvalue weighted by molar-refractivity contribution is -0.113. The first-order valence-electron chi connectivity index (χ1n) is 12.0. The molecule has 0 saturated carbocycles. The highest BCUT2D eigenvalue weighted by Crippen LogP contribution is 2.33. The molecule has 3 aromatic carbocycles. The van der Waals surface area contributed by atoms with Gasteiger partial charge in [-0.2, -0.15) is 0 Å². The van der Waals surface area contributed by atoms with Crippen LogP contribution in [-0.2, 0) is 11.3 Å². The summed E-state index contributed by atoms with van der Waals surface area (Å²) in [5.74, 6) is 0.840. The lowest BCUT2D eigenvalue weighted by atomic mass is 10.0. The quantitative estimate of drug-likeness (QED) is 0.188. The third-order valence-corrected chi connectivity index (χ3v) is 6.86. The first-order valence-corrected chi connectivity index (χ1v) is 13.0. The van der Waals surface area contributed by atoms with Crippen LogP contribution in [-0.4, -0.2) is 31.4 Å². The molecule has 0 atom stereocenters. The molecule has 0 unspecified atom stereocenters. The number of thioether (sulfide) groups is 1. The van der Waals surface area contributed by atoms with Gasteiger partial charge in [-0.1, -0.05) is 72.4 Å². The van der Waals surface area contributed by atoms with Crippen LogP contribution >= 0.6 is 11.8 Å². The summed E-state index contributed by atoms with van der Waals surface area (Å²) in [6.07, 6.45) is 1.81. The molecule has 7 heteroatoms. The van der Waals surface area contributed by atoms with Crippen molar-refractivity contribution in [3.8, 4) is 22.6 Å². The summed E-state index contributed by atoms with van der Waals surface area (Å²) in [6.45, 7) is 8.48. The summed E-state index contributed by atoms with van der Waals surface area (Å²) in [5.41, 5.74) is 6.73. The summed E-state index contributed by atoms with van der Waals surface area (Å²) in [7, 11) is 0. The number of carbonyl (C=O) groups is 1. The molecule has 0 radical (unpaired) electrons. The summed E-state index contributed by atoms with van der Waals surface area (Å²) in [4.78, 5) is 17.6. The molecule has 5 aromatic rings. The van der Waals surface area contributed by atoms with Crippen LogP contribution in [0.2, 0.25) is 0 Å². The van der Waals surface area contributed by atoms with Crippen molar-refractivity contribution in [3.63, 3.8) is 0 Å². The van der Waals surface area contributed by atoms with E-state index in [1.165, 1.54) is 11.8 Å². The maximum Gasteiger partial charge on any atom is 0.234 e. The van der Waals surface area contributed by atoms with E-state index in [0.717, 1.165) is 44.5 Å². The highest BCUT2D eigenvalue weighted by molar-refractivity contribution is 7.99. The van der Waals surface area contributed by atoms with Crippen molar-refractivity contribution in [2.45, 2.75) is 25.5 Å². The number of carbonyl (C=O) groups excluding carboxylic acids is 1. The van der Waals surface area contributed by atoms with E-state index in [1.54, 1.807) is 0 Å². The number of hydrogen-bond acceptors (Lipinski definition) is 5. The Balaban J connectivity index is 1.47. The van der Waals surface area contributed by atoms with Gasteiger partial charge in [0, 0.05) is 28.7 Å². The van der Waals surface area contributed by atoms with Crippen LogP contribution in [0.15, 0.2) is 96.7 Å². The highest BCUT2D eigenvalue weighted by Gasteiger charge is 2.19. The molecule has 37 heavy (non-hydrogen) atoms. The number of benzene rings is 3. The zero-order chi connectivity index (χ0) is 25.8. The fourth-order valence-corrected chi connectivity index (χ4v) is 5.13. The second-order valence-corrected chi connectivity index (χ2v) is 9.80. The van der Waals surface area contributed by atoms with Gasteiger partial charge in [-0.25, -0.2) is 4.98 Å². The van der Waals surface area contributed by atoms with Gasteiger partial charge in [-0.15, -0.1) is 16.8 Å². The van der Waals surface area contributed by atoms with Gasteiger partial charge in [0.15, 0.2) is 11.0 Å². The van der Waals surface area contributed by atoms with Gasteiger partial charge < -0.3 is 5.32 Å². The standard InChI is InChI=1S/C30H27N5OS/c1-4-14-35-29(33-34-30(35)37-19-28(36)31-23-16-20(2)15-21(3)17-23)25-18-27(22-10-6-5-7-11-22)32-26-13-9-8-12-24(25)26/h4-13,15-18H,1,14,19H2,2-3H3,(H,31,36). The van der Waals surface area contributed by atoms with E-state index in [2.05, 4.69) is 34.2 Å². The van der Waals surface area contributed by atoms with E-state index >= 15 is 0 Å². The van der Waals surface area contributed by atoms with E-state index in [1.807, 2.05) is 91.2 Å². The van der Waals surface area contributed by atoms with Crippen molar-refractivity contribution >= 4 is 34.3 Å². The minimum Gasteiger partial charge on any atom is -0.325 e. The number of pyridine rings is 1. The lowest BCUT2D eigenvalue weighted by Crippen LogP contribution is -2.15. The largest absolute Gasteiger partial charge is 0.325 e. The lowest BCUT2D eigenvalue weighted by Gasteiger charge is -2.12. The van der Waals surface area contributed by atoms with Crippen LogP contribution in [0.3, 0.4) is 0 Å². The number of aromatic nitrogens is 4. The van der Waals surface area contributed by atoms with Gasteiger partial charge in [0.25, 0.3) is 0 Å². The van der Waals surface area contributed by atoms with E-state index in [0.29, 0.717) is 17.5 Å². The Hall–Kier alpha value is -4.23. The zero-order valence-electron chi connectivity index (χ0n) is 20.8. The van der Waals surface area contributed by atoms with Gasteiger partial charge in [0.2, 0.25) is 5.91 Å². The van der Waals surface area contributed by atoms with E-state index in [9.17, 15) is 4.79 Å². The molecule has 5 rings (SSSR count). The minimum absolute atomic E-state index is 0.0922. The number of para-hydroxylation sites is 1. The van der Waals surface area contributed by atoms with Crippen molar-refractivity contribution in [2.75, 3.05) is 11.1 Å². The van der Waals surface area contributed by atoms with Crippen molar-refractivity contribution in [3.05, 3.63) is 103 Å². The fraction of sp³-hybridized carbons (Fsp3) is 0.133. The van der Waals surface area contributed by atoms with Crippen LogP contribution in [0, 0.1) is 13.8 Å². The Morgan fingerprint density at radius 1 is 0.973 bits per heavy atom. The second kappa shape index (κ2) is 10.8. The Bertz CT molecular complexity index is 1570. The predicted octanol–water partition coefficient (Wildman–Crippen LogP) is 6.69. The van der Waals surface area contributed by atoms with Crippen LogP contribution in [0.1, 0.15) is 11.1 Å². The molecular weight excluding hydrogens is 478 g/mol. The number of hydrogen-bond donors (Lipinski definition) is 1. The molecule has 2 heterocycles. The zero-order valence-corrected chi connectivity index (χ0v) is 21.6. The number of nitrogens with zero attached hydrogens (tertiary/aromatic N) is 4. The van der Waals surface area contributed by atoms with Gasteiger partial charge in [0.1, 0.15) is 0 Å². The molecule has 0 aliphatic rings. The molecule has 0 saturated heterocycles. The van der Waals surface area contributed by atoms with Crippen LogP contribution in [0.25, 0.3) is 33.5 Å². The third kappa shape index (κ3) is 5.47. The van der Waals surface area contributed by atoms with E-state index in [-0.39, 0.29) is 11.7 Å². The third-order valence-electron chi connectivity index (χ3n) is 5.89. The fourth-order valence-electron chi connectivity index (χ4n) is 4.38. The molecule has 0 aliphatic heterocycles. The summed E-state index contributed by atoms with van der Waals surface area (Å²) >= 11 is 1.36. The summed E-state index contributed by atoms with van der Waals surface area (Å²) in [5, 5.41) is 13.7. The van der Waals surface area contributed by atoms with Crippen molar-refractivity contribution < 1.29 is 4.79 Å². The summed E-state index contributed by atoms with van der Waals surface area (Å²) < 4.78 is 2.00. The molecule has 1 N–H and O–H groups in total. The van der Waals surface area contributed by atoms with Crippen molar-refractivity contribution in [2.24, 2.45) is 0 Å². The number of rotatable bonds is 8.